The Hall–Kier alpha value is -1.77. The molecule has 0 aliphatic carbocycles. The number of hydrogen-bond donors (Lipinski definition) is 1. The minimum Gasteiger partial charge on any atom is -0.458 e. The van der Waals surface area contributed by atoms with Crippen LogP contribution in [0.25, 0.3) is 0 Å². The molecule has 0 unspecified atom stereocenters. The summed E-state index contributed by atoms with van der Waals surface area (Å²) in [5, 5.41) is 3.01. The maximum atomic E-state index is 10.8. The summed E-state index contributed by atoms with van der Waals surface area (Å²) in [5.41, 5.74) is 1.99. The second-order valence-electron chi connectivity index (χ2n) is 2.76. The number of benzene rings is 1. The van der Waals surface area contributed by atoms with Crippen LogP contribution in [-0.4, -0.2) is 13.0 Å². The molecule has 1 N–H and O–H groups in total. The zero-order chi connectivity index (χ0) is 10.4. The summed E-state index contributed by atoms with van der Waals surface area (Å²) < 4.78 is 4.87. The van der Waals surface area contributed by atoms with Crippen molar-refractivity contribution < 1.29 is 11.0 Å². The summed E-state index contributed by atoms with van der Waals surface area (Å²) >= 11 is 0. The van der Waals surface area contributed by atoms with Crippen molar-refractivity contribution in [1.82, 2.24) is 0 Å². The van der Waals surface area contributed by atoms with Crippen LogP contribution in [-0.2, 0) is 16.1 Å². The van der Waals surface area contributed by atoms with Crippen LogP contribution < -0.4 is 5.32 Å². The molecule has 0 aliphatic heterocycles. The van der Waals surface area contributed by atoms with E-state index in [1.54, 1.807) is 0 Å². The van der Waals surface area contributed by atoms with Crippen LogP contribution >= 0.6 is 0 Å². The molecule has 0 radical (unpaired) electrons. The highest BCUT2D eigenvalue weighted by atomic mass is 16.5. The van der Waals surface area contributed by atoms with Gasteiger partial charge in [0.05, 0.1) is 0 Å². The quantitative estimate of drug-likeness (QED) is 0.588. The maximum Gasteiger partial charge on any atom is 0.330 e. The zero-order valence-corrected chi connectivity index (χ0v) is 8.12. The number of hydrogen-bond acceptors (Lipinski definition) is 3. The van der Waals surface area contributed by atoms with Gasteiger partial charge in [0.15, 0.2) is 0 Å². The predicted octanol–water partition coefficient (Wildman–Crippen LogP) is 2.20. The molecule has 0 amide bonds. The monoisotopic (exact) mass is 193 g/mol. The first kappa shape index (κ1) is 10.3. The number of ether oxygens (including phenoxy) is 1. The molecule has 3 nitrogen and oxygen atoms in total. The molecule has 3 heteroatoms. The van der Waals surface area contributed by atoms with Crippen LogP contribution in [0.15, 0.2) is 36.9 Å². The second kappa shape index (κ2) is 5.07. The van der Waals surface area contributed by atoms with E-state index in [4.69, 9.17) is 4.74 Å². The Kier molecular flexibility index (Phi) is 3.73. The highest BCUT2D eigenvalue weighted by Gasteiger charge is 1.97. The molecule has 0 fully saturated rings. The average Bonchev–Trinajstić information content (AvgIpc) is 2.26. The molecular weight excluding hydrogens is 178 g/mol. The third kappa shape index (κ3) is 2.94. The molecule has 0 bridgehead atoms. The Morgan fingerprint density at radius 2 is 2.21 bits per heavy atom. The van der Waals surface area contributed by atoms with Crippen LogP contribution in [0.4, 0.5) is 5.69 Å². The highest BCUT2D eigenvalue weighted by Crippen LogP contribution is 2.09. The summed E-state index contributed by atoms with van der Waals surface area (Å²) in [6, 6.07) is 7.67. The van der Waals surface area contributed by atoms with Gasteiger partial charge in [0.25, 0.3) is 0 Å². The van der Waals surface area contributed by atoms with E-state index in [0.29, 0.717) is 0 Å². The Labute approximate surface area is 84.9 Å². The number of esters is 1. The first-order chi connectivity index (χ1) is 6.76. The van der Waals surface area contributed by atoms with Crippen LogP contribution in [0.2, 0.25) is 0 Å². The number of anilines is 1. The topological polar surface area (TPSA) is 38.3 Å². The third-order valence-electron chi connectivity index (χ3n) is 1.79. The summed E-state index contributed by atoms with van der Waals surface area (Å²) in [7, 11) is 1.85. The lowest BCUT2D eigenvalue weighted by atomic mass is 10.2. The fraction of sp³-hybridized carbons (Fsp3) is 0.182. The van der Waals surface area contributed by atoms with Gasteiger partial charge >= 0.3 is 5.97 Å². The van der Waals surface area contributed by atoms with Crippen molar-refractivity contribution in [2.45, 2.75) is 6.61 Å². The molecule has 76 valence electrons. The Morgan fingerprint density at radius 1 is 1.57 bits per heavy atom. The maximum absolute atomic E-state index is 10.8. The van der Waals surface area contributed by atoms with Gasteiger partial charge in [-0.2, -0.15) is 0 Å². The molecule has 0 aromatic heterocycles. The number of carbonyl (C=O) groups excluding carboxylic acids is 1. The van der Waals surface area contributed by atoms with Crippen molar-refractivity contribution in [3.63, 3.8) is 0 Å². The van der Waals surface area contributed by atoms with Crippen molar-refractivity contribution >= 4 is 11.7 Å². The third-order valence-corrected chi connectivity index (χ3v) is 1.79. The van der Waals surface area contributed by atoms with E-state index in [1.165, 1.54) is 0 Å². The van der Waals surface area contributed by atoms with E-state index in [1.807, 2.05) is 31.3 Å². The standard InChI is InChI=1S/C11H13NO2.H2/c1-3-11(13)14-8-9-4-6-10(12-2)7-5-9;/h3-7,12H,1,8H2,2H3;1H. The molecule has 0 atom stereocenters. The van der Waals surface area contributed by atoms with Crippen LogP contribution in [0.1, 0.15) is 6.99 Å². The highest BCUT2D eigenvalue weighted by molar-refractivity contribution is 5.81. The number of rotatable bonds is 4. The smallest absolute Gasteiger partial charge is 0.330 e. The van der Waals surface area contributed by atoms with Gasteiger partial charge in [0, 0.05) is 20.2 Å². The van der Waals surface area contributed by atoms with Crippen molar-refractivity contribution in [1.29, 1.82) is 0 Å². The SMILES string of the molecule is C=CC(=O)OCc1ccc(NC)cc1.[HH]. The van der Waals surface area contributed by atoms with Gasteiger partial charge in [0.1, 0.15) is 6.61 Å². The molecule has 0 saturated carbocycles. The van der Waals surface area contributed by atoms with Crippen LogP contribution in [0.5, 0.6) is 0 Å². The van der Waals surface area contributed by atoms with E-state index in [0.717, 1.165) is 17.3 Å². The van der Waals surface area contributed by atoms with E-state index in [-0.39, 0.29) is 8.03 Å². The largest absolute Gasteiger partial charge is 0.458 e. The lowest BCUT2D eigenvalue weighted by molar-refractivity contribution is -0.138. The van der Waals surface area contributed by atoms with Gasteiger partial charge in [0.2, 0.25) is 0 Å². The number of nitrogens with one attached hydrogen (secondary N) is 1. The normalized spacial score (nSPS) is 9.21. The van der Waals surface area contributed by atoms with Gasteiger partial charge in [-0.3, -0.25) is 0 Å². The van der Waals surface area contributed by atoms with Gasteiger partial charge in [-0.25, -0.2) is 4.79 Å². The van der Waals surface area contributed by atoms with Gasteiger partial charge in [-0.15, -0.1) is 0 Å². The molecule has 1 aromatic carbocycles. The Balaban J connectivity index is 0.00000196. The molecule has 1 aromatic rings. The average molecular weight is 193 g/mol. The number of carbonyl (C=O) groups is 1. The fourth-order valence-electron chi connectivity index (χ4n) is 0.981. The predicted molar refractivity (Wildman–Crippen MR) is 58.1 cm³/mol. The van der Waals surface area contributed by atoms with Crippen LogP contribution in [0, 0.1) is 0 Å². The first-order valence-electron chi connectivity index (χ1n) is 4.32. The van der Waals surface area contributed by atoms with Crippen molar-refractivity contribution in [2.75, 3.05) is 12.4 Å². The van der Waals surface area contributed by atoms with E-state index >= 15 is 0 Å². The van der Waals surface area contributed by atoms with Crippen LogP contribution in [0.3, 0.4) is 0 Å². The minimum atomic E-state index is -0.400. The lowest BCUT2D eigenvalue weighted by Crippen LogP contribution is -2.00. The molecule has 0 aliphatic rings. The van der Waals surface area contributed by atoms with Gasteiger partial charge in [-0.05, 0) is 17.7 Å². The second-order valence-corrected chi connectivity index (χ2v) is 2.76. The van der Waals surface area contributed by atoms with Gasteiger partial charge < -0.3 is 10.1 Å². The van der Waals surface area contributed by atoms with Gasteiger partial charge in [-0.1, -0.05) is 18.7 Å². The lowest BCUT2D eigenvalue weighted by Gasteiger charge is -2.03. The fourth-order valence-corrected chi connectivity index (χ4v) is 0.981. The summed E-state index contributed by atoms with van der Waals surface area (Å²) in [5.74, 6) is -0.400. The summed E-state index contributed by atoms with van der Waals surface area (Å²) in [6.45, 7) is 3.60. The molecular formula is C11H15NO2. The van der Waals surface area contributed by atoms with E-state index < -0.39 is 5.97 Å². The minimum absolute atomic E-state index is 0. The Bertz CT molecular complexity index is 322. The van der Waals surface area contributed by atoms with E-state index in [2.05, 4.69) is 11.9 Å². The molecule has 14 heavy (non-hydrogen) atoms. The van der Waals surface area contributed by atoms with Crippen molar-refractivity contribution in [3.05, 3.63) is 42.5 Å². The van der Waals surface area contributed by atoms with Crippen molar-refractivity contribution in [2.24, 2.45) is 0 Å². The summed E-state index contributed by atoms with van der Waals surface area (Å²) in [4.78, 5) is 10.8. The van der Waals surface area contributed by atoms with Crippen molar-refractivity contribution in [3.8, 4) is 0 Å². The molecule has 1 rings (SSSR count). The zero-order valence-electron chi connectivity index (χ0n) is 8.12. The molecule has 0 heterocycles. The first-order valence-corrected chi connectivity index (χ1v) is 4.32. The Morgan fingerprint density at radius 3 is 2.71 bits per heavy atom. The van der Waals surface area contributed by atoms with E-state index in [9.17, 15) is 4.79 Å². The summed E-state index contributed by atoms with van der Waals surface area (Å²) in [6.07, 6.45) is 1.15. The molecule has 0 spiro atoms. The molecule has 0 saturated heterocycles.